The molecule has 0 heterocycles. The van der Waals surface area contributed by atoms with Gasteiger partial charge in [0.1, 0.15) is 0 Å². The molecular weight excluding hydrogens is 132 g/mol. The first-order valence-electron chi connectivity index (χ1n) is 1.63. The van der Waals surface area contributed by atoms with E-state index in [0.717, 1.165) is 5.75 Å². The van der Waals surface area contributed by atoms with Crippen LogP contribution in [0.2, 0.25) is 0 Å². The molecular formula is C3H6S3. The fourth-order valence-corrected chi connectivity index (χ4v) is 1.36. The van der Waals surface area contributed by atoms with E-state index in [-0.39, 0.29) is 0 Å². The van der Waals surface area contributed by atoms with Crippen LogP contribution in [0.4, 0.5) is 0 Å². The Hall–Kier alpha value is 0.790. The van der Waals surface area contributed by atoms with Crippen molar-refractivity contribution < 1.29 is 0 Å². The highest BCUT2D eigenvalue weighted by Crippen LogP contribution is 2.16. The van der Waals surface area contributed by atoms with E-state index in [4.69, 9.17) is 0 Å². The maximum Gasteiger partial charge on any atom is 0.0451 e. The van der Waals surface area contributed by atoms with Crippen molar-refractivity contribution in [1.29, 1.82) is 0 Å². The summed E-state index contributed by atoms with van der Waals surface area (Å²) in [6.07, 6.45) is 0. The Morgan fingerprint density at radius 1 is 1.83 bits per heavy atom. The molecule has 6 heavy (non-hydrogen) atoms. The molecule has 0 rings (SSSR count). The van der Waals surface area contributed by atoms with Crippen molar-refractivity contribution >= 4 is 38.5 Å². The van der Waals surface area contributed by atoms with Crippen LogP contribution in [-0.4, -0.2) is 10.5 Å². The summed E-state index contributed by atoms with van der Waals surface area (Å²) >= 11 is 4.53. The fraction of sp³-hybridized carbons (Fsp3) is 0.667. The summed E-state index contributed by atoms with van der Waals surface area (Å²) in [6.45, 7) is 2.11. The summed E-state index contributed by atoms with van der Waals surface area (Å²) in [6, 6.07) is 0. The summed E-state index contributed by atoms with van der Waals surface area (Å²) in [5.74, 6) is 1.14. The smallest absolute Gasteiger partial charge is 0.0451 e. The standard InChI is InChI=1S/C3H6S3/c1-2-5-6-3-4/h3H,2H2,1H3. The second-order valence-corrected chi connectivity index (χ2v) is 3.66. The Bertz CT molecular complexity index is 35.0. The van der Waals surface area contributed by atoms with Crippen molar-refractivity contribution in [3.8, 4) is 0 Å². The van der Waals surface area contributed by atoms with E-state index < -0.39 is 0 Å². The zero-order valence-corrected chi connectivity index (χ0v) is 5.96. The molecule has 0 radical (unpaired) electrons. The highest BCUT2D eigenvalue weighted by Gasteiger charge is 1.72. The molecule has 0 atom stereocenters. The largest absolute Gasteiger partial charge is 0.0890 e. The number of rotatable bonds is 3. The van der Waals surface area contributed by atoms with Crippen molar-refractivity contribution in [1.82, 2.24) is 0 Å². The van der Waals surface area contributed by atoms with E-state index in [0.29, 0.717) is 0 Å². The average molecular weight is 138 g/mol. The highest BCUT2D eigenvalue weighted by atomic mass is 33.1. The van der Waals surface area contributed by atoms with Crippen LogP contribution in [0.15, 0.2) is 0 Å². The molecule has 0 nitrogen and oxygen atoms in total. The topological polar surface area (TPSA) is 0 Å². The zero-order chi connectivity index (χ0) is 4.83. The molecule has 0 fully saturated rings. The molecule has 0 unspecified atom stereocenters. The van der Waals surface area contributed by atoms with Gasteiger partial charge in [0.25, 0.3) is 0 Å². The van der Waals surface area contributed by atoms with E-state index >= 15 is 0 Å². The summed E-state index contributed by atoms with van der Waals surface area (Å²) in [5.41, 5.74) is 0. The number of hydrogen-bond acceptors (Lipinski definition) is 3. The maximum absolute atomic E-state index is 4.53. The molecule has 0 aromatic heterocycles. The normalized spacial score (nSPS) is 8.17. The molecule has 0 saturated heterocycles. The lowest BCUT2D eigenvalue weighted by molar-refractivity contribution is 1.54. The third-order valence-corrected chi connectivity index (χ3v) is 2.73. The van der Waals surface area contributed by atoms with Crippen molar-refractivity contribution in [3.05, 3.63) is 0 Å². The number of hydrogen-bond donors (Lipinski definition) is 0. The molecule has 0 bridgehead atoms. The zero-order valence-electron chi connectivity index (χ0n) is 3.51. The first-order valence-corrected chi connectivity index (χ1v) is 4.49. The predicted molar refractivity (Wildman–Crippen MR) is 39.4 cm³/mol. The van der Waals surface area contributed by atoms with Gasteiger partial charge in [-0.2, -0.15) is 0 Å². The van der Waals surface area contributed by atoms with Crippen LogP contribution >= 0.6 is 33.8 Å². The van der Waals surface area contributed by atoms with Gasteiger partial charge in [0.2, 0.25) is 0 Å². The number of thiocarbonyl (C=S) groups is 1. The van der Waals surface area contributed by atoms with Crippen LogP contribution in [0.1, 0.15) is 6.92 Å². The Kier molecular flexibility index (Phi) is 6.55. The van der Waals surface area contributed by atoms with Gasteiger partial charge in [0.15, 0.2) is 0 Å². The Labute approximate surface area is 51.5 Å². The third-order valence-electron chi connectivity index (χ3n) is 0.225. The van der Waals surface area contributed by atoms with E-state index in [1.54, 1.807) is 26.3 Å². The summed E-state index contributed by atoms with van der Waals surface area (Å²) in [5, 5.41) is 0. The van der Waals surface area contributed by atoms with Crippen LogP contribution in [0.25, 0.3) is 0 Å². The van der Waals surface area contributed by atoms with Gasteiger partial charge in [-0.25, -0.2) is 0 Å². The summed E-state index contributed by atoms with van der Waals surface area (Å²) in [4.78, 5) is 0. The second kappa shape index (κ2) is 5.79. The molecule has 0 aliphatic carbocycles. The molecule has 36 valence electrons. The van der Waals surface area contributed by atoms with Crippen molar-refractivity contribution in [2.45, 2.75) is 6.92 Å². The Morgan fingerprint density at radius 2 is 2.50 bits per heavy atom. The Morgan fingerprint density at radius 3 is 2.67 bits per heavy atom. The molecule has 0 aromatic carbocycles. The van der Waals surface area contributed by atoms with Crippen LogP contribution in [0, 0.1) is 0 Å². The van der Waals surface area contributed by atoms with E-state index in [9.17, 15) is 0 Å². The van der Waals surface area contributed by atoms with Crippen LogP contribution in [0.5, 0.6) is 0 Å². The molecule has 0 saturated carbocycles. The first-order chi connectivity index (χ1) is 2.91. The van der Waals surface area contributed by atoms with Crippen molar-refractivity contribution in [2.75, 3.05) is 5.75 Å². The lowest BCUT2D eigenvalue weighted by Gasteiger charge is -1.80. The van der Waals surface area contributed by atoms with Gasteiger partial charge in [-0.1, -0.05) is 40.7 Å². The molecule has 0 spiro atoms. The van der Waals surface area contributed by atoms with Crippen molar-refractivity contribution in [2.24, 2.45) is 0 Å². The van der Waals surface area contributed by atoms with E-state index in [1.807, 2.05) is 0 Å². The maximum atomic E-state index is 4.53. The lowest BCUT2D eigenvalue weighted by atomic mass is 11.0. The van der Waals surface area contributed by atoms with Gasteiger partial charge in [0, 0.05) is 10.5 Å². The quantitative estimate of drug-likeness (QED) is 0.334. The van der Waals surface area contributed by atoms with Gasteiger partial charge < -0.3 is 0 Å². The summed E-state index contributed by atoms with van der Waals surface area (Å²) in [7, 11) is 3.38. The van der Waals surface area contributed by atoms with Gasteiger partial charge in [-0.3, -0.25) is 0 Å². The van der Waals surface area contributed by atoms with Gasteiger partial charge >= 0.3 is 0 Å². The molecule has 0 N–H and O–H groups in total. The molecule has 0 aliphatic rings. The molecule has 3 heteroatoms. The van der Waals surface area contributed by atoms with Gasteiger partial charge in [-0.05, 0) is 0 Å². The van der Waals surface area contributed by atoms with E-state index in [2.05, 4.69) is 19.1 Å². The highest BCUT2D eigenvalue weighted by molar-refractivity contribution is 8.82. The minimum Gasteiger partial charge on any atom is -0.0890 e. The van der Waals surface area contributed by atoms with Crippen molar-refractivity contribution in [3.63, 3.8) is 0 Å². The van der Waals surface area contributed by atoms with Gasteiger partial charge in [-0.15, -0.1) is 0 Å². The SMILES string of the molecule is CCSSC=S. The van der Waals surface area contributed by atoms with Crippen LogP contribution < -0.4 is 0 Å². The second-order valence-electron chi connectivity index (χ2n) is 0.599. The van der Waals surface area contributed by atoms with Gasteiger partial charge in [0.05, 0.1) is 0 Å². The fourth-order valence-electron chi connectivity index (χ4n) is 0.0958. The van der Waals surface area contributed by atoms with Crippen LogP contribution in [0.3, 0.4) is 0 Å². The molecule has 0 aromatic rings. The minimum atomic E-state index is 1.14. The first kappa shape index (κ1) is 6.79. The molecule has 0 amide bonds. The minimum absolute atomic E-state index is 1.14. The molecule has 0 aliphatic heterocycles. The summed E-state index contributed by atoms with van der Waals surface area (Å²) < 4.78 is 1.67. The van der Waals surface area contributed by atoms with Crippen LogP contribution in [-0.2, 0) is 0 Å². The Balaban J connectivity index is 2.49. The third kappa shape index (κ3) is 4.79. The van der Waals surface area contributed by atoms with E-state index in [1.165, 1.54) is 0 Å². The average Bonchev–Trinajstić information content (AvgIpc) is 1.61. The lowest BCUT2D eigenvalue weighted by Crippen LogP contribution is -1.53. The monoisotopic (exact) mass is 138 g/mol. The predicted octanol–water partition coefficient (Wildman–Crippen LogP) is 2.34.